The van der Waals surface area contributed by atoms with Crippen molar-refractivity contribution in [2.75, 3.05) is 4.90 Å². The monoisotopic (exact) mass is 730 g/mol. The summed E-state index contributed by atoms with van der Waals surface area (Å²) in [5.41, 5.74) is 14.2. The Morgan fingerprint density at radius 3 is 1.74 bits per heavy atom. The minimum absolute atomic E-state index is 0.598. The zero-order chi connectivity index (χ0) is 37.7. The summed E-state index contributed by atoms with van der Waals surface area (Å²) < 4.78 is 12.7. The van der Waals surface area contributed by atoms with Crippen LogP contribution in [0.3, 0.4) is 0 Å². The molecule has 9 aromatic carbocycles. The summed E-state index contributed by atoms with van der Waals surface area (Å²) in [4.78, 5) is 7.11. The number of aromatic nitrogens is 1. The first-order chi connectivity index (χ1) is 28.2. The Bertz CT molecular complexity index is 3220. The van der Waals surface area contributed by atoms with E-state index in [0.717, 1.165) is 72.4 Å². The van der Waals surface area contributed by atoms with E-state index in [4.69, 9.17) is 13.8 Å². The molecule has 11 aromatic rings. The highest BCUT2D eigenvalue weighted by atomic mass is 16.4. The van der Waals surface area contributed by atoms with Crippen molar-refractivity contribution in [1.82, 2.24) is 4.98 Å². The van der Waals surface area contributed by atoms with Gasteiger partial charge < -0.3 is 13.7 Å². The maximum atomic E-state index is 6.44. The van der Waals surface area contributed by atoms with Crippen molar-refractivity contribution in [3.05, 3.63) is 206 Å². The van der Waals surface area contributed by atoms with E-state index in [1.807, 2.05) is 42.5 Å². The summed E-state index contributed by atoms with van der Waals surface area (Å²) in [6.45, 7) is 0. The van der Waals surface area contributed by atoms with Crippen LogP contribution in [0.2, 0.25) is 0 Å². The fraction of sp³-hybridized carbons (Fsp3) is 0. The van der Waals surface area contributed by atoms with Gasteiger partial charge in [-0.3, -0.25) is 0 Å². The molecule has 0 amide bonds. The molecule has 0 aliphatic carbocycles. The van der Waals surface area contributed by atoms with Crippen LogP contribution in [0, 0.1) is 0 Å². The van der Waals surface area contributed by atoms with Crippen LogP contribution in [0.5, 0.6) is 0 Å². The lowest BCUT2D eigenvalue weighted by Crippen LogP contribution is -2.10. The van der Waals surface area contributed by atoms with Gasteiger partial charge in [-0.2, -0.15) is 0 Å². The number of rotatable bonds is 7. The van der Waals surface area contributed by atoms with Crippen LogP contribution in [-0.2, 0) is 0 Å². The van der Waals surface area contributed by atoms with Crippen molar-refractivity contribution in [3.63, 3.8) is 0 Å². The van der Waals surface area contributed by atoms with E-state index in [0.29, 0.717) is 5.89 Å². The van der Waals surface area contributed by atoms with Crippen molar-refractivity contribution in [3.8, 4) is 44.8 Å². The first-order valence-electron chi connectivity index (χ1n) is 19.2. The number of oxazole rings is 1. The Labute approximate surface area is 329 Å². The third-order valence-corrected chi connectivity index (χ3v) is 10.9. The molecule has 11 rings (SSSR count). The average Bonchev–Trinajstić information content (AvgIpc) is 3.87. The number of anilines is 3. The van der Waals surface area contributed by atoms with Gasteiger partial charge in [0.25, 0.3) is 0 Å². The summed E-state index contributed by atoms with van der Waals surface area (Å²) in [7, 11) is 0. The molecule has 0 radical (unpaired) electrons. The van der Waals surface area contributed by atoms with Gasteiger partial charge in [0, 0.05) is 39.5 Å². The van der Waals surface area contributed by atoms with E-state index in [9.17, 15) is 0 Å². The molecule has 0 N–H and O–H groups in total. The van der Waals surface area contributed by atoms with Crippen LogP contribution in [-0.4, -0.2) is 4.98 Å². The molecule has 0 bridgehead atoms. The van der Waals surface area contributed by atoms with Crippen molar-refractivity contribution >= 4 is 60.9 Å². The number of furan rings is 1. The molecule has 0 atom stereocenters. The highest BCUT2D eigenvalue weighted by Gasteiger charge is 2.18. The maximum Gasteiger partial charge on any atom is 0.227 e. The minimum atomic E-state index is 0.598. The Kier molecular flexibility index (Phi) is 7.78. The number of hydrogen-bond acceptors (Lipinski definition) is 4. The lowest BCUT2D eigenvalue weighted by atomic mass is 9.98. The normalized spacial score (nSPS) is 11.5. The second kappa shape index (κ2) is 13.6. The topological polar surface area (TPSA) is 42.4 Å². The predicted molar refractivity (Wildman–Crippen MR) is 235 cm³/mol. The van der Waals surface area contributed by atoms with Crippen LogP contribution in [0.15, 0.2) is 215 Å². The molecular weight excluding hydrogens is 697 g/mol. The molecule has 57 heavy (non-hydrogen) atoms. The molecule has 2 aromatic heterocycles. The summed E-state index contributed by atoms with van der Waals surface area (Å²) in [5, 5.41) is 4.53. The molecule has 0 saturated heterocycles. The van der Waals surface area contributed by atoms with Crippen LogP contribution in [0.25, 0.3) is 88.6 Å². The van der Waals surface area contributed by atoms with Crippen LogP contribution >= 0.6 is 0 Å². The van der Waals surface area contributed by atoms with Crippen molar-refractivity contribution in [1.29, 1.82) is 0 Å². The molecule has 2 heterocycles. The Balaban J connectivity index is 0.994. The van der Waals surface area contributed by atoms with Crippen LogP contribution in [0.1, 0.15) is 0 Å². The third-order valence-electron chi connectivity index (χ3n) is 10.9. The van der Waals surface area contributed by atoms with E-state index in [1.165, 1.54) is 27.5 Å². The largest absolute Gasteiger partial charge is 0.456 e. The molecule has 0 aliphatic rings. The van der Waals surface area contributed by atoms with E-state index in [-0.39, 0.29) is 0 Å². The second-order valence-corrected chi connectivity index (χ2v) is 14.4. The fourth-order valence-electron chi connectivity index (χ4n) is 8.06. The summed E-state index contributed by atoms with van der Waals surface area (Å²) in [6.07, 6.45) is 0. The van der Waals surface area contributed by atoms with Crippen molar-refractivity contribution in [2.45, 2.75) is 0 Å². The average molecular weight is 731 g/mol. The number of hydrogen-bond donors (Lipinski definition) is 0. The van der Waals surface area contributed by atoms with Crippen molar-refractivity contribution in [2.24, 2.45) is 0 Å². The van der Waals surface area contributed by atoms with E-state index in [2.05, 4.69) is 169 Å². The van der Waals surface area contributed by atoms with E-state index < -0.39 is 0 Å². The number of nitrogens with zero attached hydrogens (tertiary/aromatic N) is 2. The molecular formula is C53H34N2O2. The van der Waals surface area contributed by atoms with E-state index in [1.54, 1.807) is 0 Å². The zero-order valence-electron chi connectivity index (χ0n) is 30.8. The summed E-state index contributed by atoms with van der Waals surface area (Å²) in [5.74, 6) is 0.598. The molecule has 4 heteroatoms. The van der Waals surface area contributed by atoms with Crippen molar-refractivity contribution < 1.29 is 8.83 Å². The van der Waals surface area contributed by atoms with Gasteiger partial charge >= 0.3 is 0 Å². The fourth-order valence-corrected chi connectivity index (χ4v) is 8.06. The first kappa shape index (κ1) is 32.7. The van der Waals surface area contributed by atoms with Gasteiger partial charge in [0.1, 0.15) is 16.7 Å². The van der Waals surface area contributed by atoms with Gasteiger partial charge in [-0.1, -0.05) is 133 Å². The van der Waals surface area contributed by atoms with Crippen LogP contribution < -0.4 is 4.90 Å². The molecule has 4 nitrogen and oxygen atoms in total. The van der Waals surface area contributed by atoms with Gasteiger partial charge in [-0.05, 0) is 111 Å². The lowest BCUT2D eigenvalue weighted by Gasteiger charge is -2.26. The predicted octanol–water partition coefficient (Wildman–Crippen LogP) is 15.0. The Morgan fingerprint density at radius 1 is 0.351 bits per heavy atom. The molecule has 0 spiro atoms. The van der Waals surface area contributed by atoms with Gasteiger partial charge in [-0.15, -0.1) is 0 Å². The number of fused-ring (bicyclic) bond motifs is 5. The Morgan fingerprint density at radius 2 is 0.965 bits per heavy atom. The standard InChI is InChI=1S/C53H34N2O2/c1-3-11-35(12-4-1)41-17-9-18-45(32-41)55(43-27-23-37(24-28-43)42-22-21-36-13-7-8-16-40(36)31-42)44-29-25-38(26-30-44)46-19-10-20-49-52(46)47-33-51-48(34-50(47)56-49)54-53(57-51)39-14-5-2-6-15-39/h1-34H. The Hall–Kier alpha value is -7.69. The highest BCUT2D eigenvalue weighted by Crippen LogP contribution is 2.42. The zero-order valence-corrected chi connectivity index (χ0v) is 30.8. The molecule has 0 unspecified atom stereocenters. The smallest absolute Gasteiger partial charge is 0.227 e. The quantitative estimate of drug-likeness (QED) is 0.164. The molecule has 0 fully saturated rings. The van der Waals surface area contributed by atoms with Gasteiger partial charge in [0.05, 0.1) is 0 Å². The minimum Gasteiger partial charge on any atom is -0.456 e. The second-order valence-electron chi connectivity index (χ2n) is 14.4. The third kappa shape index (κ3) is 5.92. The molecule has 0 aliphatic heterocycles. The van der Waals surface area contributed by atoms with E-state index >= 15 is 0 Å². The lowest BCUT2D eigenvalue weighted by molar-refractivity contribution is 0.620. The number of benzene rings is 9. The van der Waals surface area contributed by atoms with Gasteiger partial charge in [-0.25, -0.2) is 4.98 Å². The SMILES string of the molecule is c1ccc(-c2cccc(N(c3ccc(-c4ccc5ccccc5c4)cc3)c3ccc(-c4cccc5oc6cc7nc(-c8ccccc8)oc7cc6c45)cc3)c2)cc1. The molecule has 268 valence electrons. The maximum absolute atomic E-state index is 6.44. The van der Waals surface area contributed by atoms with Gasteiger partial charge in [0.2, 0.25) is 5.89 Å². The van der Waals surface area contributed by atoms with Gasteiger partial charge in [0.15, 0.2) is 5.58 Å². The van der Waals surface area contributed by atoms with Crippen LogP contribution in [0.4, 0.5) is 17.1 Å². The summed E-state index contributed by atoms with van der Waals surface area (Å²) >= 11 is 0. The summed E-state index contributed by atoms with van der Waals surface area (Å²) in [6, 6.07) is 72.5. The molecule has 0 saturated carbocycles. The highest BCUT2D eigenvalue weighted by molar-refractivity contribution is 6.15. The first-order valence-corrected chi connectivity index (χ1v) is 19.2.